The van der Waals surface area contributed by atoms with E-state index in [1.54, 1.807) is 30.5 Å². The number of carbonyl (C=O) groups is 2. The Morgan fingerprint density at radius 2 is 1.97 bits per heavy atom. The first kappa shape index (κ1) is 21.0. The lowest BCUT2D eigenvalue weighted by Crippen LogP contribution is -2.55. The Kier molecular flexibility index (Phi) is 6.31. The monoisotopic (exact) mass is 428 g/mol. The lowest BCUT2D eigenvalue weighted by molar-refractivity contribution is -0.154. The summed E-state index contributed by atoms with van der Waals surface area (Å²) in [5.74, 6) is 0.457. The van der Waals surface area contributed by atoms with Gasteiger partial charge < -0.3 is 25.0 Å². The number of morpholine rings is 1. The summed E-state index contributed by atoms with van der Waals surface area (Å²) < 4.78 is 24.3. The van der Waals surface area contributed by atoms with Crippen LogP contribution in [0.4, 0.5) is 10.2 Å². The van der Waals surface area contributed by atoms with Crippen molar-refractivity contribution in [3.63, 3.8) is 0 Å². The second-order valence-corrected chi connectivity index (χ2v) is 7.73. The van der Waals surface area contributed by atoms with Gasteiger partial charge in [-0.1, -0.05) is 0 Å². The molecule has 2 amide bonds. The van der Waals surface area contributed by atoms with Gasteiger partial charge in [-0.05, 0) is 49.2 Å². The Morgan fingerprint density at radius 3 is 2.68 bits per heavy atom. The summed E-state index contributed by atoms with van der Waals surface area (Å²) in [4.78, 5) is 32.2. The highest BCUT2D eigenvalue weighted by molar-refractivity contribution is 5.93. The highest BCUT2D eigenvalue weighted by Gasteiger charge is 2.34. The van der Waals surface area contributed by atoms with Crippen molar-refractivity contribution in [1.82, 2.24) is 9.88 Å². The number of amides is 2. The maximum atomic E-state index is 13.0. The van der Waals surface area contributed by atoms with Gasteiger partial charge in [0.25, 0.3) is 0 Å². The van der Waals surface area contributed by atoms with E-state index < -0.39 is 5.91 Å². The molecule has 0 aliphatic carbocycles. The number of benzene rings is 1. The summed E-state index contributed by atoms with van der Waals surface area (Å²) in [7, 11) is 0. The molecule has 8 nitrogen and oxygen atoms in total. The Bertz CT molecular complexity index is 931. The molecule has 164 valence electrons. The Labute approximate surface area is 179 Å². The van der Waals surface area contributed by atoms with Crippen molar-refractivity contribution in [2.24, 2.45) is 5.73 Å². The predicted molar refractivity (Wildman–Crippen MR) is 111 cm³/mol. The van der Waals surface area contributed by atoms with E-state index in [0.717, 1.165) is 25.9 Å². The molecule has 9 heteroatoms. The smallest absolute Gasteiger partial charge is 0.248 e. The van der Waals surface area contributed by atoms with E-state index >= 15 is 0 Å². The molecule has 31 heavy (non-hydrogen) atoms. The van der Waals surface area contributed by atoms with E-state index in [4.69, 9.17) is 15.2 Å². The van der Waals surface area contributed by atoms with Crippen LogP contribution >= 0.6 is 0 Å². The molecular weight excluding hydrogens is 403 g/mol. The molecule has 0 bridgehead atoms. The van der Waals surface area contributed by atoms with Gasteiger partial charge in [0.15, 0.2) is 0 Å². The number of nitrogens with zero attached hydrogens (tertiary/aromatic N) is 3. The zero-order valence-electron chi connectivity index (χ0n) is 17.1. The van der Waals surface area contributed by atoms with Gasteiger partial charge in [-0.15, -0.1) is 0 Å². The predicted octanol–water partition coefficient (Wildman–Crippen LogP) is 1.59. The minimum absolute atomic E-state index is 0.0228. The zero-order valence-corrected chi connectivity index (χ0v) is 17.1. The minimum Gasteiger partial charge on any atom is -0.491 e. The molecule has 1 aromatic carbocycles. The summed E-state index contributed by atoms with van der Waals surface area (Å²) in [6.07, 6.45) is 2.92. The van der Waals surface area contributed by atoms with Crippen LogP contribution in [0.3, 0.4) is 0 Å². The quantitative estimate of drug-likeness (QED) is 0.751. The lowest BCUT2D eigenvalue weighted by Gasteiger charge is -2.42. The number of hydrogen-bond acceptors (Lipinski definition) is 6. The molecule has 3 heterocycles. The van der Waals surface area contributed by atoms with Gasteiger partial charge in [0.05, 0.1) is 6.54 Å². The first-order valence-electron chi connectivity index (χ1n) is 10.3. The van der Waals surface area contributed by atoms with Crippen molar-refractivity contribution >= 4 is 17.6 Å². The highest BCUT2D eigenvalue weighted by Crippen LogP contribution is 2.24. The second kappa shape index (κ2) is 9.30. The molecule has 0 saturated carbocycles. The van der Waals surface area contributed by atoms with E-state index in [1.807, 2.05) is 4.90 Å². The van der Waals surface area contributed by atoms with E-state index in [2.05, 4.69) is 9.88 Å². The topological polar surface area (TPSA) is 98.0 Å². The van der Waals surface area contributed by atoms with Crippen molar-refractivity contribution < 1.29 is 23.5 Å². The molecule has 4 rings (SSSR count). The van der Waals surface area contributed by atoms with Crippen LogP contribution < -0.4 is 15.4 Å². The highest BCUT2D eigenvalue weighted by atomic mass is 19.1. The van der Waals surface area contributed by atoms with Gasteiger partial charge in [0, 0.05) is 30.9 Å². The molecule has 2 fully saturated rings. The van der Waals surface area contributed by atoms with E-state index in [9.17, 15) is 14.0 Å². The molecule has 0 radical (unpaired) electrons. The number of primary amides is 1. The van der Waals surface area contributed by atoms with Gasteiger partial charge in [-0.25, -0.2) is 9.37 Å². The number of anilines is 1. The van der Waals surface area contributed by atoms with Crippen molar-refractivity contribution in [1.29, 1.82) is 0 Å². The molecule has 2 aliphatic heterocycles. The van der Waals surface area contributed by atoms with Gasteiger partial charge in [0.1, 0.15) is 36.7 Å². The van der Waals surface area contributed by atoms with Crippen molar-refractivity contribution in [3.8, 4) is 5.75 Å². The van der Waals surface area contributed by atoms with E-state index in [-0.39, 0.29) is 37.1 Å². The van der Waals surface area contributed by atoms with Crippen LogP contribution in [0.5, 0.6) is 5.75 Å². The minimum atomic E-state index is -0.480. The Balaban J connectivity index is 1.31. The Morgan fingerprint density at radius 1 is 1.23 bits per heavy atom. The van der Waals surface area contributed by atoms with Gasteiger partial charge in [-0.3, -0.25) is 9.59 Å². The number of hydrogen-bond donors (Lipinski definition) is 1. The average Bonchev–Trinajstić information content (AvgIpc) is 2.80. The fourth-order valence-corrected chi connectivity index (χ4v) is 3.97. The zero-order chi connectivity index (χ0) is 21.8. The molecular formula is C22H25FN4O4. The summed E-state index contributed by atoms with van der Waals surface area (Å²) in [6.45, 7) is 2.22. The number of carbonyl (C=O) groups excluding carboxylic acids is 2. The number of rotatable bonds is 6. The maximum Gasteiger partial charge on any atom is 0.248 e. The number of ether oxygens (including phenoxy) is 2. The number of nitrogens with two attached hydrogens (primary N) is 1. The van der Waals surface area contributed by atoms with E-state index in [0.29, 0.717) is 23.7 Å². The van der Waals surface area contributed by atoms with Crippen LogP contribution in [0.15, 0.2) is 42.6 Å². The summed E-state index contributed by atoms with van der Waals surface area (Å²) >= 11 is 0. The largest absolute Gasteiger partial charge is 0.491 e. The number of pyridine rings is 1. The third kappa shape index (κ3) is 5.11. The van der Waals surface area contributed by atoms with E-state index in [1.165, 1.54) is 12.1 Å². The van der Waals surface area contributed by atoms with Crippen LogP contribution in [0, 0.1) is 5.82 Å². The van der Waals surface area contributed by atoms with Crippen molar-refractivity contribution in [2.75, 3.05) is 37.7 Å². The van der Waals surface area contributed by atoms with Crippen LogP contribution in [0.25, 0.3) is 0 Å². The summed E-state index contributed by atoms with van der Waals surface area (Å²) in [6, 6.07) is 9.23. The molecule has 2 aliphatic rings. The molecule has 1 aromatic heterocycles. The fraction of sp³-hybridized carbons (Fsp3) is 0.409. The van der Waals surface area contributed by atoms with Crippen molar-refractivity contribution in [2.45, 2.75) is 25.0 Å². The molecule has 2 saturated heterocycles. The summed E-state index contributed by atoms with van der Waals surface area (Å²) in [5.41, 5.74) is 5.79. The third-order valence-electron chi connectivity index (χ3n) is 5.67. The van der Waals surface area contributed by atoms with Crippen LogP contribution in [-0.2, 0) is 9.53 Å². The number of piperidine rings is 1. The van der Waals surface area contributed by atoms with Crippen LogP contribution in [0.2, 0.25) is 0 Å². The Hall–Kier alpha value is -3.20. The van der Waals surface area contributed by atoms with Gasteiger partial charge in [-0.2, -0.15) is 0 Å². The first-order chi connectivity index (χ1) is 15.0. The summed E-state index contributed by atoms with van der Waals surface area (Å²) in [5, 5.41) is 0. The fourth-order valence-electron chi connectivity index (χ4n) is 3.97. The van der Waals surface area contributed by atoms with Gasteiger partial charge >= 0.3 is 0 Å². The lowest BCUT2D eigenvalue weighted by atomic mass is 10.0. The standard InChI is InChI=1S/C22H25FN4O4/c23-16-1-3-18(4-2-16)30-13-19-12-27(21(28)14-31-19)17-6-9-26(10-7-17)20-11-15(22(24)29)5-8-25-20/h1-5,8,11,17,19H,6-7,9-10,12-14H2,(H2,24,29). The SMILES string of the molecule is NC(=O)c1ccnc(N2CCC(N3CC(COc4ccc(F)cc4)OCC3=O)CC2)c1. The maximum absolute atomic E-state index is 13.0. The number of aromatic nitrogens is 1. The molecule has 1 atom stereocenters. The average molecular weight is 428 g/mol. The molecule has 2 N–H and O–H groups in total. The van der Waals surface area contributed by atoms with Gasteiger partial charge in [0.2, 0.25) is 11.8 Å². The molecule has 0 spiro atoms. The number of halogens is 1. The first-order valence-corrected chi connectivity index (χ1v) is 10.3. The van der Waals surface area contributed by atoms with Crippen molar-refractivity contribution in [3.05, 3.63) is 54.0 Å². The molecule has 1 unspecified atom stereocenters. The second-order valence-electron chi connectivity index (χ2n) is 7.73. The third-order valence-corrected chi connectivity index (χ3v) is 5.67. The molecule has 2 aromatic rings. The normalized spacial score (nSPS) is 20.0. The van der Waals surface area contributed by atoms with Crippen LogP contribution in [-0.4, -0.2) is 66.7 Å². The van der Waals surface area contributed by atoms with Crippen LogP contribution in [0.1, 0.15) is 23.2 Å².